The van der Waals surface area contributed by atoms with E-state index in [0.717, 1.165) is 27.8 Å². The minimum atomic E-state index is -0.354. The Labute approximate surface area is 144 Å². The van der Waals surface area contributed by atoms with E-state index in [1.54, 1.807) is 6.07 Å². The van der Waals surface area contributed by atoms with Gasteiger partial charge in [-0.15, -0.1) is 10.2 Å². The Morgan fingerprint density at radius 2 is 1.92 bits per heavy atom. The minimum absolute atomic E-state index is 0.252. The van der Waals surface area contributed by atoms with Gasteiger partial charge in [-0.3, -0.25) is 4.57 Å². The predicted octanol–water partition coefficient (Wildman–Crippen LogP) is 4.32. The molecule has 0 atom stereocenters. The van der Waals surface area contributed by atoms with Crippen molar-refractivity contribution in [3.05, 3.63) is 65.2 Å². The maximum absolute atomic E-state index is 13.8. The van der Waals surface area contributed by atoms with E-state index < -0.39 is 0 Å². The van der Waals surface area contributed by atoms with Crippen molar-refractivity contribution >= 4 is 11.8 Å². The second-order valence-electron chi connectivity index (χ2n) is 5.41. The molecule has 0 amide bonds. The second-order valence-corrected chi connectivity index (χ2v) is 6.35. The summed E-state index contributed by atoms with van der Waals surface area (Å²) in [6.07, 6.45) is 0. The van der Waals surface area contributed by atoms with Gasteiger partial charge in [-0.2, -0.15) is 0 Å². The summed E-state index contributed by atoms with van der Waals surface area (Å²) in [6, 6.07) is 13.1. The van der Waals surface area contributed by atoms with E-state index in [-0.39, 0.29) is 11.6 Å². The van der Waals surface area contributed by atoms with Gasteiger partial charge >= 0.3 is 0 Å². The third kappa shape index (κ3) is 3.28. The molecule has 24 heavy (non-hydrogen) atoms. The number of methoxy groups -OCH3 is 1. The van der Waals surface area contributed by atoms with Crippen molar-refractivity contribution in [3.63, 3.8) is 0 Å². The Hall–Kier alpha value is -2.34. The molecular formula is C18H18FN3OS. The largest absolute Gasteiger partial charge is 0.494 e. The Balaban J connectivity index is 1.85. The lowest BCUT2D eigenvalue weighted by molar-refractivity contribution is 0.386. The third-order valence-electron chi connectivity index (χ3n) is 3.74. The number of aromatic nitrogens is 3. The average molecular weight is 343 g/mol. The molecule has 3 rings (SSSR count). The van der Waals surface area contributed by atoms with Gasteiger partial charge in [0.1, 0.15) is 5.82 Å². The highest BCUT2D eigenvalue weighted by molar-refractivity contribution is 7.98. The first kappa shape index (κ1) is 16.5. The van der Waals surface area contributed by atoms with E-state index in [1.165, 1.54) is 24.9 Å². The van der Waals surface area contributed by atoms with Crippen LogP contribution in [0.4, 0.5) is 4.39 Å². The normalized spacial score (nSPS) is 10.8. The number of hydrogen-bond acceptors (Lipinski definition) is 4. The number of para-hydroxylation sites is 1. The quantitative estimate of drug-likeness (QED) is 0.647. The molecule has 3 aromatic rings. The monoisotopic (exact) mass is 343 g/mol. The van der Waals surface area contributed by atoms with Gasteiger partial charge in [-0.25, -0.2) is 4.39 Å². The molecule has 0 aliphatic carbocycles. The van der Waals surface area contributed by atoms with Gasteiger partial charge in [0.2, 0.25) is 0 Å². The standard InChI is InChI=1S/C18H18FN3OS/c1-12-6-4-5-7-16(12)22-13(2)20-21-18(22)24-11-14-8-9-17(23-3)15(19)10-14/h4-10H,11H2,1-3H3. The molecule has 0 bridgehead atoms. The first-order valence-corrected chi connectivity index (χ1v) is 8.52. The fourth-order valence-corrected chi connectivity index (χ4v) is 3.41. The Kier molecular flexibility index (Phi) is 4.85. The number of ether oxygens (including phenoxy) is 1. The molecule has 0 spiro atoms. The summed E-state index contributed by atoms with van der Waals surface area (Å²) >= 11 is 1.53. The van der Waals surface area contributed by atoms with Crippen molar-refractivity contribution in [2.75, 3.05) is 7.11 Å². The molecule has 0 N–H and O–H groups in total. The van der Waals surface area contributed by atoms with Gasteiger partial charge in [0, 0.05) is 5.75 Å². The van der Waals surface area contributed by atoms with Gasteiger partial charge in [-0.1, -0.05) is 36.0 Å². The van der Waals surface area contributed by atoms with Crippen molar-refractivity contribution < 1.29 is 9.13 Å². The summed E-state index contributed by atoms with van der Waals surface area (Å²) in [5.74, 6) is 1.33. The van der Waals surface area contributed by atoms with Crippen molar-refractivity contribution in [1.82, 2.24) is 14.8 Å². The van der Waals surface area contributed by atoms with Crippen molar-refractivity contribution in [2.45, 2.75) is 24.8 Å². The number of aryl methyl sites for hydroxylation is 2. The van der Waals surface area contributed by atoms with Crippen LogP contribution in [0, 0.1) is 19.7 Å². The number of benzene rings is 2. The highest BCUT2D eigenvalue weighted by Gasteiger charge is 2.13. The lowest BCUT2D eigenvalue weighted by atomic mass is 10.2. The first-order chi connectivity index (χ1) is 11.6. The first-order valence-electron chi connectivity index (χ1n) is 7.53. The second kappa shape index (κ2) is 7.05. The van der Waals surface area contributed by atoms with Gasteiger partial charge in [0.15, 0.2) is 16.7 Å². The zero-order valence-electron chi connectivity index (χ0n) is 13.8. The lowest BCUT2D eigenvalue weighted by Gasteiger charge is -2.11. The SMILES string of the molecule is COc1ccc(CSc2nnc(C)n2-c2ccccc2C)cc1F. The number of thioether (sulfide) groups is 1. The third-order valence-corrected chi connectivity index (χ3v) is 4.74. The van der Waals surface area contributed by atoms with Crippen LogP contribution < -0.4 is 4.74 Å². The van der Waals surface area contributed by atoms with E-state index in [1.807, 2.05) is 35.8 Å². The van der Waals surface area contributed by atoms with Crippen molar-refractivity contribution in [3.8, 4) is 11.4 Å². The molecule has 0 saturated heterocycles. The Bertz CT molecular complexity index is 863. The lowest BCUT2D eigenvalue weighted by Crippen LogP contribution is -2.01. The zero-order valence-corrected chi connectivity index (χ0v) is 14.6. The molecule has 0 radical (unpaired) electrons. The molecule has 0 unspecified atom stereocenters. The van der Waals surface area contributed by atoms with Crippen LogP contribution in [0.15, 0.2) is 47.6 Å². The zero-order chi connectivity index (χ0) is 17.1. The molecule has 1 aromatic heterocycles. The molecule has 0 aliphatic rings. The summed E-state index contributed by atoms with van der Waals surface area (Å²) in [5, 5.41) is 9.24. The summed E-state index contributed by atoms with van der Waals surface area (Å²) in [4.78, 5) is 0. The van der Waals surface area contributed by atoms with Crippen LogP contribution in [0.2, 0.25) is 0 Å². The smallest absolute Gasteiger partial charge is 0.196 e. The van der Waals surface area contributed by atoms with Crippen molar-refractivity contribution in [2.24, 2.45) is 0 Å². The molecule has 0 fully saturated rings. The predicted molar refractivity (Wildman–Crippen MR) is 93.3 cm³/mol. The van der Waals surface area contributed by atoms with Gasteiger partial charge < -0.3 is 4.74 Å². The van der Waals surface area contributed by atoms with Gasteiger partial charge in [-0.05, 0) is 43.2 Å². The highest BCUT2D eigenvalue weighted by Crippen LogP contribution is 2.28. The maximum Gasteiger partial charge on any atom is 0.196 e. The summed E-state index contributed by atoms with van der Waals surface area (Å²) < 4.78 is 20.8. The molecule has 0 saturated carbocycles. The highest BCUT2D eigenvalue weighted by atomic mass is 32.2. The Morgan fingerprint density at radius 3 is 2.62 bits per heavy atom. The molecule has 1 heterocycles. The molecule has 0 aliphatic heterocycles. The summed E-state index contributed by atoms with van der Waals surface area (Å²) in [5.41, 5.74) is 3.08. The van der Waals surface area contributed by atoms with E-state index >= 15 is 0 Å². The fraction of sp³-hybridized carbons (Fsp3) is 0.222. The van der Waals surface area contributed by atoms with Crippen LogP contribution in [-0.4, -0.2) is 21.9 Å². The summed E-state index contributed by atoms with van der Waals surface area (Å²) in [6.45, 7) is 3.98. The van der Waals surface area contributed by atoms with Crippen LogP contribution in [0.1, 0.15) is 17.0 Å². The van der Waals surface area contributed by atoms with E-state index in [0.29, 0.717) is 5.75 Å². The van der Waals surface area contributed by atoms with Crippen LogP contribution in [0.5, 0.6) is 5.75 Å². The van der Waals surface area contributed by atoms with Crippen LogP contribution in [0.3, 0.4) is 0 Å². The van der Waals surface area contributed by atoms with Gasteiger partial charge in [0.25, 0.3) is 0 Å². The maximum atomic E-state index is 13.8. The van der Waals surface area contributed by atoms with Gasteiger partial charge in [0.05, 0.1) is 12.8 Å². The number of rotatable bonds is 5. The topological polar surface area (TPSA) is 39.9 Å². The summed E-state index contributed by atoms with van der Waals surface area (Å²) in [7, 11) is 1.46. The van der Waals surface area contributed by atoms with E-state index in [4.69, 9.17) is 4.74 Å². The van der Waals surface area contributed by atoms with Crippen LogP contribution in [0.25, 0.3) is 5.69 Å². The number of hydrogen-bond donors (Lipinski definition) is 0. The average Bonchev–Trinajstić information content (AvgIpc) is 2.94. The molecule has 6 heteroatoms. The number of halogens is 1. The molecule has 2 aromatic carbocycles. The fourth-order valence-electron chi connectivity index (χ4n) is 2.48. The van der Waals surface area contributed by atoms with Crippen LogP contribution >= 0.6 is 11.8 Å². The van der Waals surface area contributed by atoms with E-state index in [2.05, 4.69) is 23.2 Å². The van der Waals surface area contributed by atoms with Crippen molar-refractivity contribution in [1.29, 1.82) is 0 Å². The minimum Gasteiger partial charge on any atom is -0.494 e. The molecule has 124 valence electrons. The van der Waals surface area contributed by atoms with E-state index in [9.17, 15) is 4.39 Å². The van der Waals surface area contributed by atoms with Crippen LogP contribution in [-0.2, 0) is 5.75 Å². The Morgan fingerprint density at radius 1 is 1.12 bits per heavy atom. The molecular weight excluding hydrogens is 325 g/mol. The number of nitrogens with zero attached hydrogens (tertiary/aromatic N) is 3. The molecule has 4 nitrogen and oxygen atoms in total.